The van der Waals surface area contributed by atoms with Crippen molar-refractivity contribution in [2.45, 2.75) is 124 Å². The molecule has 0 bridgehead atoms. The summed E-state index contributed by atoms with van der Waals surface area (Å²) >= 11 is 2.67. The van der Waals surface area contributed by atoms with Gasteiger partial charge in [-0.1, -0.05) is 19.6 Å². The van der Waals surface area contributed by atoms with Gasteiger partial charge >= 0.3 is 6.09 Å². The van der Waals surface area contributed by atoms with Crippen LogP contribution in [0.1, 0.15) is 90.5 Å². The number of nitrogens with zero attached hydrogens (tertiary/aromatic N) is 3. The molecule has 0 radical (unpaired) electrons. The summed E-state index contributed by atoms with van der Waals surface area (Å²) in [5.74, 6) is -0.0408. The van der Waals surface area contributed by atoms with Crippen molar-refractivity contribution < 1.29 is 45.8 Å². The molecule has 6 aromatic rings. The number of phenolic OH excluding ortho intramolecular Hbond substituents is 1. The van der Waals surface area contributed by atoms with Gasteiger partial charge in [0.05, 0.1) is 19.5 Å². The quantitative estimate of drug-likeness (QED) is 0.0588. The van der Waals surface area contributed by atoms with Gasteiger partial charge in [0, 0.05) is 77.0 Å². The Hall–Kier alpha value is -6.74. The number of aromatic nitrogens is 2. The van der Waals surface area contributed by atoms with Crippen LogP contribution in [0.5, 0.6) is 11.5 Å². The average Bonchev–Trinajstić information content (AvgIpc) is 3.94. The van der Waals surface area contributed by atoms with E-state index in [1.54, 1.807) is 133 Å². The van der Waals surface area contributed by atoms with Gasteiger partial charge in [-0.15, -0.1) is 22.7 Å². The Morgan fingerprint density at radius 1 is 0.658 bits per heavy atom. The highest BCUT2D eigenvalue weighted by Crippen LogP contribution is 2.39. The van der Waals surface area contributed by atoms with Crippen LogP contribution in [-0.4, -0.2) is 73.0 Å². The van der Waals surface area contributed by atoms with Crippen molar-refractivity contribution in [1.82, 2.24) is 24.7 Å². The predicted molar refractivity (Wildman–Crippen MR) is 289 cm³/mol. The summed E-state index contributed by atoms with van der Waals surface area (Å²) in [4.78, 5) is 45.1. The molecule has 2 heterocycles. The molecule has 0 aliphatic rings. The second-order valence-electron chi connectivity index (χ2n) is 18.6. The van der Waals surface area contributed by atoms with E-state index >= 15 is 0 Å². The standard InChI is InChI=1S/C25H30N4O5S2.C21H23N3O4S2.C4H7NO.CH4/c1-15(2)27-24(31)34-19-10-7-17(8-11-19)23-26-14-21(35-23)20-12-9-18(28-16(3)30)13-22(20)36(32,33)29-25(4,5)6;1-13(25)23-15-7-10-17(19(11-15)30(27,28)24-21(2,3)4)18-12-22-20(29-18)14-5-8-16(26)9-6-14;1-4(2)6-3-5;/h7-15,29H,1-6H3,(H,27,31)(H,28,30);5-12,24,26H,1-4H3,(H,23,25);4H,1-2H3;1H4. The van der Waals surface area contributed by atoms with Crippen LogP contribution in [0.4, 0.5) is 16.2 Å². The second-order valence-corrected chi connectivity index (χ2v) is 23.9. The first-order valence-electron chi connectivity index (χ1n) is 22.2. The van der Waals surface area contributed by atoms with Crippen molar-refractivity contribution in [3.8, 4) is 59.8 Å². The summed E-state index contributed by atoms with van der Waals surface area (Å²) in [7, 11) is -7.78. The van der Waals surface area contributed by atoms with E-state index in [2.05, 4.69) is 40.1 Å². The van der Waals surface area contributed by atoms with E-state index in [0.29, 0.717) is 48.0 Å². The lowest BCUT2D eigenvalue weighted by Gasteiger charge is -2.22. The maximum atomic E-state index is 13.3. The lowest BCUT2D eigenvalue weighted by atomic mass is 10.1. The van der Waals surface area contributed by atoms with Gasteiger partial charge in [-0.25, -0.2) is 41.0 Å². The van der Waals surface area contributed by atoms with Crippen LogP contribution in [0.2, 0.25) is 0 Å². The van der Waals surface area contributed by atoms with Crippen LogP contribution < -0.4 is 30.1 Å². The number of carbonyl (C=O) groups is 3. The summed E-state index contributed by atoms with van der Waals surface area (Å²) in [6.45, 7) is 20.6. The topological polar surface area (TPSA) is 268 Å². The molecule has 0 saturated heterocycles. The number of thiazole rings is 2. The largest absolute Gasteiger partial charge is 0.508 e. The number of ether oxygens (including phenoxy) is 2. The van der Waals surface area contributed by atoms with Crippen molar-refractivity contribution in [3.05, 3.63) is 97.3 Å². The van der Waals surface area contributed by atoms with Gasteiger partial charge in [0.1, 0.15) is 27.6 Å². The SMILES string of the molecule is C.CC(=O)Nc1ccc(-c2cnc(-c3ccc(O)cc3)s2)c(S(=O)(=O)NC(C)(C)C)c1.CC(=O)Nc1ccc(-c2cnc(-c3ccc(OC(=O)NC(C)C)cc3)s2)c(S(=O)(=O)NC(C)(C)C)c1.CC(C)OC#N. The number of hydrogen-bond donors (Lipinski definition) is 6. The van der Waals surface area contributed by atoms with Crippen LogP contribution in [0.15, 0.2) is 107 Å². The number of nitrogens with one attached hydrogen (secondary N) is 5. The third-order valence-electron chi connectivity index (χ3n) is 8.73. The molecule has 392 valence electrons. The number of carbonyl (C=O) groups excluding carboxylic acids is 3. The van der Waals surface area contributed by atoms with Gasteiger partial charge in [-0.3, -0.25) is 9.59 Å². The summed E-state index contributed by atoms with van der Waals surface area (Å²) in [6, 6.07) is 23.0. The lowest BCUT2D eigenvalue weighted by Crippen LogP contribution is -2.40. The summed E-state index contributed by atoms with van der Waals surface area (Å²) in [5.41, 5.74) is 1.95. The molecule has 0 fully saturated rings. The smallest absolute Gasteiger partial charge is 0.412 e. The van der Waals surface area contributed by atoms with Crippen LogP contribution in [0.3, 0.4) is 0 Å². The molecule has 0 atom stereocenters. The number of nitriles is 1. The fourth-order valence-corrected chi connectivity index (χ4v) is 11.6. The predicted octanol–water partition coefficient (Wildman–Crippen LogP) is 10.8. The fraction of sp³-hybridized carbons (Fsp3) is 0.333. The Morgan fingerprint density at radius 2 is 1.05 bits per heavy atom. The van der Waals surface area contributed by atoms with Crippen molar-refractivity contribution in [3.63, 3.8) is 0 Å². The third-order valence-corrected chi connectivity index (χ3v) is 14.5. The second kappa shape index (κ2) is 25.8. The number of rotatable bonds is 13. The highest BCUT2D eigenvalue weighted by Gasteiger charge is 2.28. The zero-order valence-corrected chi connectivity index (χ0v) is 45.3. The molecule has 6 N–H and O–H groups in total. The minimum atomic E-state index is -3.91. The van der Waals surface area contributed by atoms with Crippen molar-refractivity contribution in [2.75, 3.05) is 10.6 Å². The minimum Gasteiger partial charge on any atom is -0.508 e. The first kappa shape index (κ1) is 60.6. The molecule has 22 heteroatoms. The van der Waals surface area contributed by atoms with Crippen molar-refractivity contribution in [2.24, 2.45) is 0 Å². The number of anilines is 2. The Morgan fingerprint density at radius 3 is 1.38 bits per heavy atom. The average molecular weight is 1080 g/mol. The number of hydrogen-bond acceptors (Lipinski definition) is 15. The zero-order chi connectivity index (χ0) is 53.8. The molecule has 0 saturated carbocycles. The van der Waals surface area contributed by atoms with Crippen LogP contribution in [0.25, 0.3) is 42.0 Å². The fourth-order valence-electron chi connectivity index (χ4n) is 6.19. The Kier molecular flexibility index (Phi) is 21.4. The Balaban J connectivity index is 0.000000346. The van der Waals surface area contributed by atoms with E-state index in [9.17, 15) is 36.3 Å². The third kappa shape index (κ3) is 19.3. The van der Waals surface area contributed by atoms with E-state index < -0.39 is 37.2 Å². The van der Waals surface area contributed by atoms with Crippen molar-refractivity contribution >= 4 is 72.0 Å². The van der Waals surface area contributed by atoms with Gasteiger partial charge in [0.15, 0.2) is 0 Å². The molecular weight excluding hydrogens is 1010 g/mol. The van der Waals surface area contributed by atoms with E-state index in [-0.39, 0.29) is 46.9 Å². The molecular formula is C51H64N8O10S4. The molecule has 0 aliphatic heterocycles. The maximum Gasteiger partial charge on any atom is 0.412 e. The van der Waals surface area contributed by atoms with E-state index in [1.165, 1.54) is 48.7 Å². The van der Waals surface area contributed by atoms with Crippen LogP contribution >= 0.6 is 22.7 Å². The molecule has 0 spiro atoms. The molecule has 3 amide bonds. The number of amides is 3. The molecule has 0 unspecified atom stereocenters. The maximum absolute atomic E-state index is 13.3. The van der Waals surface area contributed by atoms with E-state index in [4.69, 9.17) is 10.00 Å². The summed E-state index contributed by atoms with van der Waals surface area (Å²) < 4.78 is 67.7. The van der Waals surface area contributed by atoms with Crippen LogP contribution in [-0.2, 0) is 34.4 Å². The normalized spacial score (nSPS) is 11.4. The molecule has 4 aromatic carbocycles. The molecule has 73 heavy (non-hydrogen) atoms. The highest BCUT2D eigenvalue weighted by atomic mass is 32.2. The van der Waals surface area contributed by atoms with E-state index in [0.717, 1.165) is 11.1 Å². The van der Waals surface area contributed by atoms with Gasteiger partial charge in [-0.05, 0) is 142 Å². The Labute approximate surface area is 436 Å². The first-order valence-corrected chi connectivity index (χ1v) is 26.8. The highest BCUT2D eigenvalue weighted by molar-refractivity contribution is 7.90. The van der Waals surface area contributed by atoms with Crippen LogP contribution in [0, 0.1) is 11.5 Å². The minimum absolute atomic E-state index is 0. The Bertz CT molecular complexity index is 3110. The summed E-state index contributed by atoms with van der Waals surface area (Å²) in [6.07, 6.45) is 4.31. The van der Waals surface area contributed by atoms with Gasteiger partial charge < -0.3 is 30.5 Å². The number of phenols is 1. The lowest BCUT2D eigenvalue weighted by molar-refractivity contribution is -0.115. The number of sulfonamides is 2. The first-order chi connectivity index (χ1) is 33.4. The zero-order valence-electron chi connectivity index (χ0n) is 42.0. The summed E-state index contributed by atoms with van der Waals surface area (Å²) in [5, 5.41) is 26.5. The van der Waals surface area contributed by atoms with Crippen molar-refractivity contribution in [1.29, 1.82) is 5.26 Å². The molecule has 0 aliphatic carbocycles. The molecule has 6 rings (SSSR count). The van der Waals surface area contributed by atoms with E-state index in [1.807, 2.05) is 27.7 Å². The number of benzene rings is 4. The van der Waals surface area contributed by atoms with Gasteiger partial charge in [0.2, 0.25) is 31.9 Å². The molecule has 2 aromatic heterocycles. The van der Waals surface area contributed by atoms with Gasteiger partial charge in [0.25, 0.3) is 6.26 Å². The number of aromatic hydroxyl groups is 1. The molecule has 18 nitrogen and oxygen atoms in total. The monoisotopic (exact) mass is 1080 g/mol. The van der Waals surface area contributed by atoms with Gasteiger partial charge in [-0.2, -0.15) is 5.26 Å².